The smallest absolute Gasteiger partial charge is 0.220 e. The number of hydrogen-bond acceptors (Lipinski definition) is 4. The van der Waals surface area contributed by atoms with Gasteiger partial charge in [0.2, 0.25) is 5.91 Å². The van der Waals surface area contributed by atoms with E-state index in [1.165, 1.54) is 12.5 Å². The number of carbonyl (C=O) groups excluding carboxylic acids is 2. The van der Waals surface area contributed by atoms with Gasteiger partial charge in [-0.3, -0.25) is 9.59 Å². The Bertz CT molecular complexity index is 917. The zero-order valence-electron chi connectivity index (χ0n) is 16.5. The maximum absolute atomic E-state index is 12.0. The van der Waals surface area contributed by atoms with Crippen LogP contribution in [0.25, 0.3) is 5.69 Å². The average molecular weight is 391 g/mol. The zero-order valence-corrected chi connectivity index (χ0v) is 16.5. The Balaban J connectivity index is 1.30. The molecule has 2 aromatic carbocycles. The molecule has 1 heterocycles. The summed E-state index contributed by atoms with van der Waals surface area (Å²) in [5, 5.41) is 7.15. The van der Waals surface area contributed by atoms with Crippen molar-refractivity contribution in [3.05, 3.63) is 78.1 Å². The van der Waals surface area contributed by atoms with E-state index in [0.29, 0.717) is 37.3 Å². The first-order chi connectivity index (χ1) is 14.1. The maximum Gasteiger partial charge on any atom is 0.220 e. The van der Waals surface area contributed by atoms with Gasteiger partial charge in [-0.1, -0.05) is 12.1 Å². The second-order valence-corrected chi connectivity index (χ2v) is 6.75. The summed E-state index contributed by atoms with van der Waals surface area (Å²) in [6, 6.07) is 17.1. The highest BCUT2D eigenvalue weighted by Gasteiger charge is 2.03. The van der Waals surface area contributed by atoms with E-state index in [0.717, 1.165) is 12.1 Å². The van der Waals surface area contributed by atoms with Gasteiger partial charge in [0.15, 0.2) is 5.78 Å². The number of ether oxygens (including phenoxy) is 1. The van der Waals surface area contributed by atoms with E-state index in [9.17, 15) is 9.59 Å². The number of aromatic nitrogens is 2. The lowest BCUT2D eigenvalue weighted by molar-refractivity contribution is -0.121. The second kappa shape index (κ2) is 10.2. The molecular formula is C23H25N3O3. The van der Waals surface area contributed by atoms with Crippen LogP contribution in [0.5, 0.6) is 5.75 Å². The summed E-state index contributed by atoms with van der Waals surface area (Å²) in [6.07, 6.45) is 5.49. The zero-order chi connectivity index (χ0) is 20.5. The SMILES string of the molecule is CC(=O)c1ccc(OCCCC(=O)NCCc2ccc(-n3cccn3)cc2)cc1. The summed E-state index contributed by atoms with van der Waals surface area (Å²) in [7, 11) is 0. The third-order valence-electron chi connectivity index (χ3n) is 4.52. The minimum atomic E-state index is 0.0219. The van der Waals surface area contributed by atoms with Crippen LogP contribution in [-0.4, -0.2) is 34.6 Å². The lowest BCUT2D eigenvalue weighted by Gasteiger charge is -2.08. The third kappa shape index (κ3) is 6.31. The number of amides is 1. The largest absolute Gasteiger partial charge is 0.494 e. The first-order valence-electron chi connectivity index (χ1n) is 9.71. The van der Waals surface area contributed by atoms with E-state index in [2.05, 4.69) is 10.4 Å². The first-order valence-corrected chi connectivity index (χ1v) is 9.71. The van der Waals surface area contributed by atoms with Crippen LogP contribution in [0.1, 0.15) is 35.7 Å². The fraction of sp³-hybridized carbons (Fsp3) is 0.261. The Labute approximate surface area is 170 Å². The molecule has 29 heavy (non-hydrogen) atoms. The van der Waals surface area contributed by atoms with Gasteiger partial charge in [0.05, 0.1) is 12.3 Å². The lowest BCUT2D eigenvalue weighted by atomic mass is 10.1. The van der Waals surface area contributed by atoms with E-state index in [1.54, 1.807) is 30.5 Å². The summed E-state index contributed by atoms with van der Waals surface area (Å²) < 4.78 is 7.42. The summed E-state index contributed by atoms with van der Waals surface area (Å²) in [5.74, 6) is 0.754. The van der Waals surface area contributed by atoms with Gasteiger partial charge < -0.3 is 10.1 Å². The molecule has 0 atom stereocenters. The highest BCUT2D eigenvalue weighted by Crippen LogP contribution is 2.13. The number of hydrogen-bond donors (Lipinski definition) is 1. The number of nitrogens with one attached hydrogen (secondary N) is 1. The van der Waals surface area contributed by atoms with Crippen molar-refractivity contribution in [1.29, 1.82) is 0 Å². The van der Waals surface area contributed by atoms with Crippen molar-refractivity contribution < 1.29 is 14.3 Å². The summed E-state index contributed by atoms with van der Waals surface area (Å²) >= 11 is 0. The van der Waals surface area contributed by atoms with Crippen LogP contribution in [0.15, 0.2) is 67.0 Å². The second-order valence-electron chi connectivity index (χ2n) is 6.75. The summed E-state index contributed by atoms with van der Waals surface area (Å²) in [4.78, 5) is 23.2. The predicted octanol–water partition coefficient (Wildman–Crippen LogP) is 3.59. The minimum absolute atomic E-state index is 0.0219. The van der Waals surface area contributed by atoms with Crippen molar-refractivity contribution in [2.24, 2.45) is 0 Å². The molecule has 0 aliphatic carbocycles. The standard InChI is InChI=1S/C23H25N3O3/c1-18(27)20-7-11-22(12-8-20)29-17-2-4-23(28)24-15-13-19-5-9-21(10-6-19)26-16-3-14-25-26/h3,5-12,14,16H,2,4,13,15,17H2,1H3,(H,24,28). The topological polar surface area (TPSA) is 73.2 Å². The quantitative estimate of drug-likeness (QED) is 0.423. The van der Waals surface area contributed by atoms with Gasteiger partial charge >= 0.3 is 0 Å². The molecule has 0 aliphatic heterocycles. The molecule has 1 aromatic heterocycles. The molecule has 0 aliphatic rings. The van der Waals surface area contributed by atoms with E-state index in [1.807, 2.05) is 41.2 Å². The van der Waals surface area contributed by atoms with Gasteiger partial charge in [0, 0.05) is 30.9 Å². The number of Topliss-reactive ketones (excluding diaryl/α,β-unsaturated/α-hetero) is 1. The molecule has 1 N–H and O–H groups in total. The fourth-order valence-corrected chi connectivity index (χ4v) is 2.88. The van der Waals surface area contributed by atoms with Crippen molar-refractivity contribution >= 4 is 11.7 Å². The molecule has 1 amide bonds. The number of nitrogens with zero attached hydrogens (tertiary/aromatic N) is 2. The molecule has 0 saturated carbocycles. The Morgan fingerprint density at radius 1 is 1.07 bits per heavy atom. The van der Waals surface area contributed by atoms with Gasteiger partial charge in [0.1, 0.15) is 5.75 Å². The van der Waals surface area contributed by atoms with Crippen molar-refractivity contribution in [2.45, 2.75) is 26.2 Å². The van der Waals surface area contributed by atoms with Crippen molar-refractivity contribution in [3.63, 3.8) is 0 Å². The number of ketones is 1. The molecule has 3 rings (SSSR count). The highest BCUT2D eigenvalue weighted by atomic mass is 16.5. The van der Waals surface area contributed by atoms with Crippen molar-refractivity contribution in [3.8, 4) is 11.4 Å². The molecule has 0 radical (unpaired) electrons. The summed E-state index contributed by atoms with van der Waals surface area (Å²) in [6.45, 7) is 2.60. The van der Waals surface area contributed by atoms with Crippen molar-refractivity contribution in [1.82, 2.24) is 15.1 Å². The van der Waals surface area contributed by atoms with E-state index >= 15 is 0 Å². The number of carbonyl (C=O) groups is 2. The molecular weight excluding hydrogens is 366 g/mol. The molecule has 3 aromatic rings. The fourth-order valence-electron chi connectivity index (χ4n) is 2.88. The third-order valence-corrected chi connectivity index (χ3v) is 4.52. The van der Waals surface area contributed by atoms with Crippen LogP contribution in [0.3, 0.4) is 0 Å². The maximum atomic E-state index is 12.0. The summed E-state index contributed by atoms with van der Waals surface area (Å²) in [5.41, 5.74) is 2.84. The molecule has 0 saturated heterocycles. The first kappa shape index (κ1) is 20.3. The molecule has 0 bridgehead atoms. The van der Waals surface area contributed by atoms with Gasteiger partial charge in [-0.05, 0) is 67.8 Å². The molecule has 6 heteroatoms. The van der Waals surface area contributed by atoms with Crippen molar-refractivity contribution in [2.75, 3.05) is 13.2 Å². The van der Waals surface area contributed by atoms with Crippen LogP contribution < -0.4 is 10.1 Å². The van der Waals surface area contributed by atoms with Gasteiger partial charge in [-0.25, -0.2) is 4.68 Å². The Morgan fingerprint density at radius 2 is 1.83 bits per heavy atom. The van der Waals surface area contributed by atoms with E-state index < -0.39 is 0 Å². The Kier molecular flexibility index (Phi) is 7.16. The normalized spacial score (nSPS) is 10.5. The van der Waals surface area contributed by atoms with Crippen LogP contribution in [-0.2, 0) is 11.2 Å². The Morgan fingerprint density at radius 3 is 2.48 bits per heavy atom. The molecule has 0 fully saturated rings. The number of benzene rings is 2. The molecule has 6 nitrogen and oxygen atoms in total. The lowest BCUT2D eigenvalue weighted by Crippen LogP contribution is -2.25. The van der Waals surface area contributed by atoms with Gasteiger partial charge in [0.25, 0.3) is 0 Å². The minimum Gasteiger partial charge on any atom is -0.494 e. The molecule has 150 valence electrons. The van der Waals surface area contributed by atoms with Crippen LogP contribution in [0, 0.1) is 0 Å². The highest BCUT2D eigenvalue weighted by molar-refractivity contribution is 5.94. The van der Waals surface area contributed by atoms with Gasteiger partial charge in [-0.15, -0.1) is 0 Å². The monoisotopic (exact) mass is 391 g/mol. The average Bonchev–Trinajstić information content (AvgIpc) is 3.27. The molecule has 0 spiro atoms. The van der Waals surface area contributed by atoms with E-state index in [-0.39, 0.29) is 11.7 Å². The predicted molar refractivity (Wildman–Crippen MR) is 111 cm³/mol. The van der Waals surface area contributed by atoms with E-state index in [4.69, 9.17) is 4.74 Å². The van der Waals surface area contributed by atoms with Gasteiger partial charge in [-0.2, -0.15) is 5.10 Å². The Hall–Kier alpha value is -3.41. The molecule has 0 unspecified atom stereocenters. The van der Waals surface area contributed by atoms with Crippen LogP contribution >= 0.6 is 0 Å². The van der Waals surface area contributed by atoms with Crippen LogP contribution in [0.2, 0.25) is 0 Å². The van der Waals surface area contributed by atoms with Crippen LogP contribution in [0.4, 0.5) is 0 Å². The number of rotatable bonds is 10.